The summed E-state index contributed by atoms with van der Waals surface area (Å²) in [7, 11) is 0. The van der Waals surface area contributed by atoms with Gasteiger partial charge in [0.15, 0.2) is 0 Å². The number of nitrogens with zero attached hydrogens (tertiary/aromatic N) is 2. The minimum absolute atomic E-state index is 0.192. The van der Waals surface area contributed by atoms with E-state index in [1.807, 2.05) is 18.7 Å². The molecule has 0 N–H and O–H groups in total. The topological polar surface area (TPSA) is 32.8 Å². The second kappa shape index (κ2) is 11.0. The van der Waals surface area contributed by atoms with Crippen LogP contribution in [0.5, 0.6) is 0 Å². The maximum atomic E-state index is 12.1. The van der Waals surface area contributed by atoms with Crippen molar-refractivity contribution in [2.75, 3.05) is 39.3 Å². The first-order valence-corrected chi connectivity index (χ1v) is 9.34. The lowest BCUT2D eigenvalue weighted by molar-refractivity contribution is -0.140. The Kier molecular flexibility index (Phi) is 9.73. The standard InChI is InChI=1S/C16H30N2O2.C2H6/c1-3-14-5-11-18(12-6-14)16(19)13-20-15-7-9-17(4-2)10-8-15;1-2/h14-15H,3-13H2,1-2H3;1-2H3. The van der Waals surface area contributed by atoms with Gasteiger partial charge in [-0.15, -0.1) is 0 Å². The van der Waals surface area contributed by atoms with E-state index < -0.39 is 0 Å². The van der Waals surface area contributed by atoms with Gasteiger partial charge >= 0.3 is 0 Å². The summed E-state index contributed by atoms with van der Waals surface area (Å²) in [6.45, 7) is 13.9. The summed E-state index contributed by atoms with van der Waals surface area (Å²) >= 11 is 0. The van der Waals surface area contributed by atoms with Gasteiger partial charge in [0, 0.05) is 26.2 Å². The van der Waals surface area contributed by atoms with E-state index in [0.29, 0.717) is 0 Å². The van der Waals surface area contributed by atoms with Crippen LogP contribution in [0, 0.1) is 5.92 Å². The molecule has 0 bridgehead atoms. The second-order valence-electron chi connectivity index (χ2n) is 6.18. The van der Waals surface area contributed by atoms with Crippen LogP contribution in [-0.2, 0) is 9.53 Å². The Hall–Kier alpha value is -0.610. The Bertz CT molecular complexity index is 293. The number of rotatable bonds is 5. The first-order chi connectivity index (χ1) is 10.7. The van der Waals surface area contributed by atoms with Gasteiger partial charge in [-0.2, -0.15) is 0 Å². The van der Waals surface area contributed by atoms with Crippen LogP contribution in [0.15, 0.2) is 0 Å². The Balaban J connectivity index is 0.00000116. The van der Waals surface area contributed by atoms with Crippen molar-refractivity contribution in [2.45, 2.75) is 65.9 Å². The highest BCUT2D eigenvalue weighted by Crippen LogP contribution is 2.20. The molecule has 2 fully saturated rings. The van der Waals surface area contributed by atoms with Crippen molar-refractivity contribution >= 4 is 5.91 Å². The number of carbonyl (C=O) groups excluding carboxylic acids is 1. The normalized spacial score (nSPS) is 21.4. The van der Waals surface area contributed by atoms with Crippen molar-refractivity contribution in [1.82, 2.24) is 9.80 Å². The predicted octanol–water partition coefficient (Wildman–Crippen LogP) is 3.16. The van der Waals surface area contributed by atoms with E-state index in [-0.39, 0.29) is 18.6 Å². The molecule has 0 unspecified atom stereocenters. The summed E-state index contributed by atoms with van der Waals surface area (Å²) in [5.74, 6) is 1.01. The third-order valence-corrected chi connectivity index (χ3v) is 4.97. The summed E-state index contributed by atoms with van der Waals surface area (Å²) in [5.41, 5.74) is 0. The Morgan fingerprint density at radius 1 is 1.00 bits per heavy atom. The summed E-state index contributed by atoms with van der Waals surface area (Å²) in [5, 5.41) is 0. The molecule has 0 aromatic rings. The fourth-order valence-corrected chi connectivity index (χ4v) is 3.26. The molecule has 2 aliphatic rings. The monoisotopic (exact) mass is 312 g/mol. The van der Waals surface area contributed by atoms with Crippen molar-refractivity contribution < 1.29 is 9.53 Å². The fraction of sp³-hybridized carbons (Fsp3) is 0.944. The molecule has 0 aromatic carbocycles. The minimum atomic E-state index is 0.192. The van der Waals surface area contributed by atoms with E-state index in [2.05, 4.69) is 18.7 Å². The Labute approximate surface area is 137 Å². The first-order valence-electron chi connectivity index (χ1n) is 9.34. The lowest BCUT2D eigenvalue weighted by Crippen LogP contribution is -2.42. The van der Waals surface area contributed by atoms with Gasteiger partial charge in [0.2, 0.25) is 5.91 Å². The van der Waals surface area contributed by atoms with Gasteiger partial charge in [-0.05, 0) is 38.1 Å². The second-order valence-corrected chi connectivity index (χ2v) is 6.18. The molecule has 22 heavy (non-hydrogen) atoms. The smallest absolute Gasteiger partial charge is 0.248 e. The van der Waals surface area contributed by atoms with Crippen molar-refractivity contribution in [3.63, 3.8) is 0 Å². The highest BCUT2D eigenvalue weighted by Gasteiger charge is 2.24. The minimum Gasteiger partial charge on any atom is -0.368 e. The summed E-state index contributed by atoms with van der Waals surface area (Å²) in [6, 6.07) is 0. The molecule has 0 spiro atoms. The quantitative estimate of drug-likeness (QED) is 0.782. The number of ether oxygens (including phenoxy) is 1. The molecule has 2 rings (SSSR count). The lowest BCUT2D eigenvalue weighted by atomic mass is 9.94. The predicted molar refractivity (Wildman–Crippen MR) is 92.0 cm³/mol. The van der Waals surface area contributed by atoms with Gasteiger partial charge in [0.1, 0.15) is 6.61 Å². The number of hydrogen-bond donors (Lipinski definition) is 0. The third kappa shape index (κ3) is 6.25. The van der Waals surface area contributed by atoms with Crippen molar-refractivity contribution in [3.05, 3.63) is 0 Å². The van der Waals surface area contributed by atoms with Crippen LogP contribution >= 0.6 is 0 Å². The third-order valence-electron chi connectivity index (χ3n) is 4.97. The molecule has 2 heterocycles. The maximum absolute atomic E-state index is 12.1. The van der Waals surface area contributed by atoms with E-state index >= 15 is 0 Å². The van der Waals surface area contributed by atoms with E-state index in [9.17, 15) is 4.79 Å². The van der Waals surface area contributed by atoms with Crippen molar-refractivity contribution in [2.24, 2.45) is 5.92 Å². The molecular formula is C18H36N2O2. The Morgan fingerprint density at radius 3 is 2.09 bits per heavy atom. The zero-order valence-electron chi connectivity index (χ0n) is 15.1. The fourth-order valence-electron chi connectivity index (χ4n) is 3.26. The Morgan fingerprint density at radius 2 is 1.59 bits per heavy atom. The lowest BCUT2D eigenvalue weighted by Gasteiger charge is -2.33. The van der Waals surface area contributed by atoms with E-state index in [4.69, 9.17) is 4.74 Å². The van der Waals surface area contributed by atoms with Crippen molar-refractivity contribution in [1.29, 1.82) is 0 Å². The number of piperidine rings is 2. The molecular weight excluding hydrogens is 276 g/mol. The molecule has 0 saturated carbocycles. The van der Waals surface area contributed by atoms with Crippen LogP contribution < -0.4 is 0 Å². The molecule has 2 saturated heterocycles. The SMILES string of the molecule is CC.CCC1CCN(C(=O)COC2CCN(CC)CC2)CC1. The van der Waals surface area contributed by atoms with E-state index in [0.717, 1.165) is 64.3 Å². The summed E-state index contributed by atoms with van der Waals surface area (Å²) in [4.78, 5) is 16.6. The van der Waals surface area contributed by atoms with Gasteiger partial charge < -0.3 is 14.5 Å². The molecule has 130 valence electrons. The molecule has 4 nitrogen and oxygen atoms in total. The molecule has 0 atom stereocenters. The van der Waals surface area contributed by atoms with Gasteiger partial charge in [-0.1, -0.05) is 34.1 Å². The molecule has 0 radical (unpaired) electrons. The van der Waals surface area contributed by atoms with Crippen LogP contribution in [0.25, 0.3) is 0 Å². The first kappa shape index (κ1) is 19.4. The average molecular weight is 312 g/mol. The zero-order chi connectivity index (χ0) is 16.4. The van der Waals surface area contributed by atoms with Gasteiger partial charge in [0.25, 0.3) is 0 Å². The summed E-state index contributed by atoms with van der Waals surface area (Å²) < 4.78 is 5.83. The molecule has 1 amide bonds. The van der Waals surface area contributed by atoms with Crippen LogP contribution in [-0.4, -0.2) is 61.1 Å². The van der Waals surface area contributed by atoms with Gasteiger partial charge in [0.05, 0.1) is 6.10 Å². The highest BCUT2D eigenvalue weighted by molar-refractivity contribution is 5.77. The number of hydrogen-bond acceptors (Lipinski definition) is 3. The average Bonchev–Trinajstić information content (AvgIpc) is 2.62. The largest absolute Gasteiger partial charge is 0.368 e. The number of likely N-dealkylation sites (tertiary alicyclic amines) is 2. The molecule has 4 heteroatoms. The van der Waals surface area contributed by atoms with Gasteiger partial charge in [-0.25, -0.2) is 0 Å². The van der Waals surface area contributed by atoms with Crippen LogP contribution in [0.3, 0.4) is 0 Å². The van der Waals surface area contributed by atoms with Crippen molar-refractivity contribution in [3.8, 4) is 0 Å². The zero-order valence-corrected chi connectivity index (χ0v) is 15.1. The van der Waals surface area contributed by atoms with E-state index in [1.54, 1.807) is 0 Å². The van der Waals surface area contributed by atoms with Gasteiger partial charge in [-0.3, -0.25) is 4.79 Å². The highest BCUT2D eigenvalue weighted by atomic mass is 16.5. The van der Waals surface area contributed by atoms with E-state index in [1.165, 1.54) is 6.42 Å². The molecule has 0 aromatic heterocycles. The van der Waals surface area contributed by atoms with Crippen LogP contribution in [0.4, 0.5) is 0 Å². The molecule has 2 aliphatic heterocycles. The maximum Gasteiger partial charge on any atom is 0.248 e. The van der Waals surface area contributed by atoms with Crippen LogP contribution in [0.2, 0.25) is 0 Å². The molecule has 0 aliphatic carbocycles. The number of carbonyl (C=O) groups is 1. The summed E-state index contributed by atoms with van der Waals surface area (Å²) in [6.07, 6.45) is 6.00. The van der Waals surface area contributed by atoms with Crippen LogP contribution in [0.1, 0.15) is 59.8 Å². The number of amides is 1.